The van der Waals surface area contributed by atoms with E-state index in [2.05, 4.69) is 17.3 Å². The molecule has 0 spiro atoms. The lowest BCUT2D eigenvalue weighted by atomic mass is 9.86. The SMILES string of the molecule is CN(CCC1CCCCC1)C1CC2CCC(C1)N2.Cl. The summed E-state index contributed by atoms with van der Waals surface area (Å²) in [7, 11) is 2.37. The van der Waals surface area contributed by atoms with Gasteiger partial charge >= 0.3 is 0 Å². The topological polar surface area (TPSA) is 15.3 Å². The molecule has 3 heteroatoms. The van der Waals surface area contributed by atoms with E-state index in [4.69, 9.17) is 0 Å². The fourth-order valence-electron chi connectivity index (χ4n) is 4.43. The molecule has 2 unspecified atom stereocenters. The number of halogens is 1. The molecule has 0 amide bonds. The Labute approximate surface area is 125 Å². The first-order valence-electron chi connectivity index (χ1n) is 8.27. The smallest absolute Gasteiger partial charge is 0.0122 e. The van der Waals surface area contributed by atoms with E-state index in [1.807, 2.05) is 0 Å². The maximum atomic E-state index is 3.75. The van der Waals surface area contributed by atoms with Gasteiger partial charge in [-0.3, -0.25) is 0 Å². The lowest BCUT2D eigenvalue weighted by Crippen LogP contribution is -2.47. The average Bonchev–Trinajstić information content (AvgIpc) is 2.76. The Balaban J connectivity index is 0.00000133. The second-order valence-corrected chi connectivity index (χ2v) is 7.04. The van der Waals surface area contributed by atoms with Crippen LogP contribution >= 0.6 is 12.4 Å². The molecule has 19 heavy (non-hydrogen) atoms. The Bertz CT molecular complexity index is 253. The maximum absolute atomic E-state index is 3.75. The van der Waals surface area contributed by atoms with Crippen LogP contribution < -0.4 is 5.32 Å². The predicted octanol–water partition coefficient (Wildman–Crippen LogP) is 3.59. The van der Waals surface area contributed by atoms with E-state index >= 15 is 0 Å². The first kappa shape index (κ1) is 15.6. The molecule has 112 valence electrons. The van der Waals surface area contributed by atoms with E-state index in [0.29, 0.717) is 0 Å². The van der Waals surface area contributed by atoms with Crippen molar-refractivity contribution in [2.75, 3.05) is 13.6 Å². The number of fused-ring (bicyclic) bond motifs is 2. The van der Waals surface area contributed by atoms with E-state index in [1.165, 1.54) is 70.8 Å². The van der Waals surface area contributed by atoms with Gasteiger partial charge in [0.1, 0.15) is 0 Å². The monoisotopic (exact) mass is 286 g/mol. The van der Waals surface area contributed by atoms with Crippen molar-refractivity contribution in [1.29, 1.82) is 0 Å². The minimum atomic E-state index is 0. The van der Waals surface area contributed by atoms with Gasteiger partial charge in [0.05, 0.1) is 0 Å². The molecule has 0 radical (unpaired) electrons. The van der Waals surface area contributed by atoms with Gasteiger partial charge in [-0.1, -0.05) is 32.1 Å². The summed E-state index contributed by atoms with van der Waals surface area (Å²) in [5.74, 6) is 1.04. The zero-order valence-corrected chi connectivity index (χ0v) is 13.3. The standard InChI is InChI=1S/C16H30N2.ClH/c1-18(10-9-13-5-3-2-4-6-13)16-11-14-7-8-15(12-16)17-14;/h13-17H,2-12H2,1H3;1H. The van der Waals surface area contributed by atoms with Gasteiger partial charge in [0.25, 0.3) is 0 Å². The Morgan fingerprint density at radius 1 is 0.947 bits per heavy atom. The zero-order chi connectivity index (χ0) is 12.4. The molecule has 1 aliphatic carbocycles. The van der Waals surface area contributed by atoms with Crippen molar-refractivity contribution >= 4 is 12.4 Å². The quantitative estimate of drug-likeness (QED) is 0.850. The highest BCUT2D eigenvalue weighted by molar-refractivity contribution is 5.85. The summed E-state index contributed by atoms with van der Waals surface area (Å²) in [6.07, 6.45) is 14.6. The summed E-state index contributed by atoms with van der Waals surface area (Å²) in [5, 5.41) is 3.75. The largest absolute Gasteiger partial charge is 0.311 e. The summed E-state index contributed by atoms with van der Waals surface area (Å²) in [5.41, 5.74) is 0. The van der Waals surface area contributed by atoms with Crippen LogP contribution in [-0.4, -0.2) is 36.6 Å². The normalized spacial score (nSPS) is 35.4. The molecule has 1 saturated carbocycles. The Morgan fingerprint density at radius 3 is 2.21 bits per heavy atom. The minimum Gasteiger partial charge on any atom is -0.311 e. The summed E-state index contributed by atoms with van der Waals surface area (Å²) >= 11 is 0. The first-order valence-corrected chi connectivity index (χ1v) is 8.27. The van der Waals surface area contributed by atoms with Gasteiger partial charge < -0.3 is 10.2 Å². The van der Waals surface area contributed by atoms with Crippen LogP contribution in [0.4, 0.5) is 0 Å². The number of nitrogens with one attached hydrogen (secondary N) is 1. The number of hydrogen-bond acceptors (Lipinski definition) is 2. The molecule has 3 rings (SSSR count). The lowest BCUT2D eigenvalue weighted by Gasteiger charge is -2.36. The Morgan fingerprint density at radius 2 is 1.58 bits per heavy atom. The van der Waals surface area contributed by atoms with Crippen LogP contribution in [0.1, 0.15) is 64.2 Å². The van der Waals surface area contributed by atoms with E-state index < -0.39 is 0 Å². The predicted molar refractivity (Wildman–Crippen MR) is 84.0 cm³/mol. The molecule has 2 nitrogen and oxygen atoms in total. The highest BCUT2D eigenvalue weighted by atomic mass is 35.5. The van der Waals surface area contributed by atoms with Crippen LogP contribution in [0.15, 0.2) is 0 Å². The van der Waals surface area contributed by atoms with E-state index in [9.17, 15) is 0 Å². The van der Waals surface area contributed by atoms with Crippen LogP contribution in [0.5, 0.6) is 0 Å². The van der Waals surface area contributed by atoms with Gasteiger partial charge in [-0.25, -0.2) is 0 Å². The van der Waals surface area contributed by atoms with Crippen molar-refractivity contribution < 1.29 is 0 Å². The van der Waals surface area contributed by atoms with Gasteiger partial charge in [0, 0.05) is 18.1 Å². The van der Waals surface area contributed by atoms with Crippen LogP contribution in [0, 0.1) is 5.92 Å². The van der Waals surface area contributed by atoms with Gasteiger partial charge in [-0.05, 0) is 51.6 Å². The fourth-order valence-corrected chi connectivity index (χ4v) is 4.43. The fraction of sp³-hybridized carbons (Fsp3) is 1.00. The number of nitrogens with zero attached hydrogens (tertiary/aromatic N) is 1. The minimum absolute atomic E-state index is 0. The lowest BCUT2D eigenvalue weighted by molar-refractivity contribution is 0.158. The van der Waals surface area contributed by atoms with Crippen molar-refractivity contribution in [2.24, 2.45) is 5.92 Å². The van der Waals surface area contributed by atoms with Crippen molar-refractivity contribution in [3.05, 3.63) is 0 Å². The van der Waals surface area contributed by atoms with Gasteiger partial charge in [-0.15, -0.1) is 12.4 Å². The van der Waals surface area contributed by atoms with Gasteiger partial charge in [-0.2, -0.15) is 0 Å². The Hall–Kier alpha value is 0.210. The molecule has 0 aromatic heterocycles. The van der Waals surface area contributed by atoms with Crippen molar-refractivity contribution in [3.63, 3.8) is 0 Å². The van der Waals surface area contributed by atoms with E-state index in [-0.39, 0.29) is 12.4 Å². The highest BCUT2D eigenvalue weighted by Gasteiger charge is 2.34. The Kier molecular flexibility index (Phi) is 5.98. The van der Waals surface area contributed by atoms with E-state index in [0.717, 1.165) is 24.0 Å². The summed E-state index contributed by atoms with van der Waals surface area (Å²) in [6, 6.07) is 2.55. The molecule has 2 saturated heterocycles. The molecule has 2 bridgehead atoms. The van der Waals surface area contributed by atoms with Gasteiger partial charge in [0.2, 0.25) is 0 Å². The molecule has 3 fully saturated rings. The third-order valence-corrected chi connectivity index (χ3v) is 5.69. The molecular formula is C16H31ClN2. The van der Waals surface area contributed by atoms with Crippen LogP contribution in [0.2, 0.25) is 0 Å². The molecule has 2 heterocycles. The molecule has 2 aliphatic heterocycles. The third-order valence-electron chi connectivity index (χ3n) is 5.69. The van der Waals surface area contributed by atoms with Crippen molar-refractivity contribution in [1.82, 2.24) is 10.2 Å². The number of rotatable bonds is 4. The van der Waals surface area contributed by atoms with Crippen LogP contribution in [0.3, 0.4) is 0 Å². The second-order valence-electron chi connectivity index (χ2n) is 7.04. The van der Waals surface area contributed by atoms with Crippen molar-refractivity contribution in [2.45, 2.75) is 82.3 Å². The molecule has 0 aromatic carbocycles. The molecule has 2 atom stereocenters. The summed E-state index contributed by atoms with van der Waals surface area (Å²) in [4.78, 5) is 2.68. The maximum Gasteiger partial charge on any atom is 0.0122 e. The average molecular weight is 287 g/mol. The molecule has 1 N–H and O–H groups in total. The first-order chi connectivity index (χ1) is 8.81. The van der Waals surface area contributed by atoms with Crippen LogP contribution in [-0.2, 0) is 0 Å². The van der Waals surface area contributed by atoms with Gasteiger partial charge in [0.15, 0.2) is 0 Å². The zero-order valence-electron chi connectivity index (χ0n) is 12.4. The van der Waals surface area contributed by atoms with E-state index in [1.54, 1.807) is 0 Å². The highest BCUT2D eigenvalue weighted by Crippen LogP contribution is 2.30. The second kappa shape index (κ2) is 7.28. The molecule has 0 aromatic rings. The van der Waals surface area contributed by atoms with Crippen LogP contribution in [0.25, 0.3) is 0 Å². The number of piperidine rings is 1. The molecule has 3 aliphatic rings. The summed E-state index contributed by atoms with van der Waals surface area (Å²) < 4.78 is 0. The van der Waals surface area contributed by atoms with Crippen molar-refractivity contribution in [3.8, 4) is 0 Å². The molecular weight excluding hydrogens is 256 g/mol. The third kappa shape index (κ3) is 4.09. The summed E-state index contributed by atoms with van der Waals surface area (Å²) in [6.45, 7) is 1.34. The number of hydrogen-bond donors (Lipinski definition) is 1.